The van der Waals surface area contributed by atoms with Crippen LogP contribution in [-0.2, 0) is 9.13 Å². The van der Waals surface area contributed by atoms with Crippen LogP contribution in [0.15, 0.2) is 9.55 Å². The van der Waals surface area contributed by atoms with Crippen molar-refractivity contribution in [1.29, 1.82) is 0 Å². The topological polar surface area (TPSA) is 94.8 Å². The Hall–Kier alpha value is 0.660. The Morgan fingerprint density at radius 1 is 1.36 bits per heavy atom. The Balaban J connectivity index is 5.14. The first kappa shape index (κ1) is 11.7. The number of rotatable bonds is 2. The molecule has 0 saturated heterocycles. The van der Waals surface area contributed by atoms with Crippen molar-refractivity contribution in [2.75, 3.05) is 0 Å². The fraction of sp³-hybridized carbons (Fsp3) is 0. The molecule has 0 aliphatic rings. The molecule has 0 heterocycles. The molecule has 0 aromatic carbocycles. The molecule has 11 heavy (non-hydrogen) atoms. The number of hydrogen-bond donors (Lipinski definition) is 3. The van der Waals surface area contributed by atoms with Crippen LogP contribution < -0.4 is 0 Å². The fourth-order valence-corrected chi connectivity index (χ4v) is 2.84. The summed E-state index contributed by atoms with van der Waals surface area (Å²) in [5.41, 5.74) is 0. The van der Waals surface area contributed by atoms with Gasteiger partial charge in [-0.3, -0.25) is 9.13 Å². The molecule has 0 radical (unpaired) electrons. The third-order valence-corrected chi connectivity index (χ3v) is 4.54. The lowest BCUT2D eigenvalue weighted by atomic mass is 11.2. The maximum Gasteiger partial charge on any atom is 0.364 e. The van der Waals surface area contributed by atoms with Gasteiger partial charge in [-0.2, -0.15) is 0 Å². The predicted octanol–water partition coefficient (Wildman–Crippen LogP) is 1.24. The summed E-state index contributed by atoms with van der Waals surface area (Å²) >= 11 is 9.88. The Kier molecular flexibility index (Phi) is 4.30. The molecule has 0 rings (SSSR count). The summed E-state index contributed by atoms with van der Waals surface area (Å²) in [6.45, 7) is 0. The van der Waals surface area contributed by atoms with E-state index < -0.39 is 25.2 Å². The van der Waals surface area contributed by atoms with E-state index >= 15 is 0 Å². The highest BCUT2D eigenvalue weighted by Gasteiger charge is 2.28. The highest BCUT2D eigenvalue weighted by Crippen LogP contribution is 2.58. The summed E-state index contributed by atoms with van der Waals surface area (Å²) in [5, 5.41) is -1.11. The number of halogens is 2. The lowest BCUT2D eigenvalue weighted by Gasteiger charge is -2.04. The van der Waals surface area contributed by atoms with Crippen LogP contribution in [0.4, 0.5) is 0 Å². The largest absolute Gasteiger partial charge is 0.364 e. The molecular weight excluding hydrogens is 237 g/mol. The average Bonchev–Trinajstić information content (AvgIpc) is 1.54. The molecule has 0 saturated carbocycles. The van der Waals surface area contributed by atoms with E-state index in [1.807, 2.05) is 0 Å². The highest BCUT2D eigenvalue weighted by atomic mass is 35.5. The van der Waals surface area contributed by atoms with E-state index in [0.717, 1.165) is 0 Å². The first-order valence-corrected chi connectivity index (χ1v) is 5.84. The van der Waals surface area contributed by atoms with E-state index in [-0.39, 0.29) is 0 Å². The third-order valence-electron chi connectivity index (χ3n) is 0.673. The molecule has 5 nitrogen and oxygen atoms in total. The molecule has 0 amide bonds. The van der Waals surface area contributed by atoms with Crippen molar-refractivity contribution >= 4 is 38.8 Å². The minimum atomic E-state index is -4.79. The molecule has 0 aromatic rings. The smallest absolute Gasteiger partial charge is 0.343 e. The summed E-state index contributed by atoms with van der Waals surface area (Å²) < 4.78 is 19.7. The molecule has 1 atom stereocenters. The Bertz CT molecular complexity index is 249. The molecule has 0 aromatic heterocycles. The first-order valence-electron chi connectivity index (χ1n) is 2.11. The third kappa shape index (κ3) is 3.72. The van der Waals surface area contributed by atoms with E-state index in [1.54, 1.807) is 0 Å². The van der Waals surface area contributed by atoms with Crippen LogP contribution in [0.1, 0.15) is 0 Å². The van der Waals surface area contributed by atoms with Crippen molar-refractivity contribution in [2.24, 2.45) is 0 Å². The van der Waals surface area contributed by atoms with Gasteiger partial charge in [0.2, 0.25) is 8.03 Å². The average molecular weight is 241 g/mol. The van der Waals surface area contributed by atoms with Gasteiger partial charge in [0.15, 0.2) is 5.06 Å². The van der Waals surface area contributed by atoms with Gasteiger partial charge >= 0.3 is 7.60 Å². The van der Waals surface area contributed by atoms with Crippen molar-refractivity contribution in [3.63, 3.8) is 0 Å². The maximum atomic E-state index is 10.3. The van der Waals surface area contributed by atoms with Gasteiger partial charge in [-0.25, -0.2) is 0 Å². The second-order valence-corrected chi connectivity index (χ2v) is 5.47. The molecule has 66 valence electrons. The summed E-state index contributed by atoms with van der Waals surface area (Å²) in [6.07, 6.45) is 0. The summed E-state index contributed by atoms with van der Waals surface area (Å²) in [6, 6.07) is 0. The van der Waals surface area contributed by atoms with Crippen molar-refractivity contribution in [3.05, 3.63) is 9.55 Å². The summed E-state index contributed by atoms with van der Waals surface area (Å²) in [5.74, 6) is 0. The maximum absolute atomic E-state index is 10.3. The predicted molar refractivity (Wildman–Crippen MR) is 42.0 cm³/mol. The quantitative estimate of drug-likeness (QED) is 0.632. The second-order valence-electron chi connectivity index (χ2n) is 1.46. The summed E-state index contributed by atoms with van der Waals surface area (Å²) in [4.78, 5) is 25.1. The first-order chi connectivity index (χ1) is 4.76. The molecule has 3 N–H and O–H groups in total. The number of hydrogen-bond acceptors (Lipinski definition) is 2. The minimum absolute atomic E-state index is 0.857. The standard InChI is InChI=1S/C2H4Cl2O5P2/c3-1(4)2(10(5)6)11(7,8)9/h10H,(H,5,6)(H2,7,8,9). The molecule has 9 heteroatoms. The Morgan fingerprint density at radius 3 is 1.73 bits per heavy atom. The Morgan fingerprint density at radius 2 is 1.73 bits per heavy atom. The SMILES string of the molecule is O=[PH](O)C(=C(Cl)Cl)P(=O)(O)O. The van der Waals surface area contributed by atoms with E-state index in [4.69, 9.17) is 37.9 Å². The fourth-order valence-electron chi connectivity index (χ4n) is 0.316. The second kappa shape index (κ2) is 4.06. The van der Waals surface area contributed by atoms with Crippen molar-refractivity contribution in [3.8, 4) is 0 Å². The Labute approximate surface area is 72.7 Å². The van der Waals surface area contributed by atoms with Gasteiger partial charge in [-0.15, -0.1) is 0 Å². The minimum Gasteiger partial charge on any atom is -0.343 e. The van der Waals surface area contributed by atoms with Crippen LogP contribution in [-0.4, -0.2) is 14.7 Å². The van der Waals surface area contributed by atoms with Gasteiger partial charge in [0.1, 0.15) is 4.49 Å². The van der Waals surface area contributed by atoms with E-state index in [2.05, 4.69) is 0 Å². The monoisotopic (exact) mass is 240 g/mol. The lowest BCUT2D eigenvalue weighted by molar-refractivity contribution is 0.383. The molecular formula is C2H4Cl2O5P2. The van der Waals surface area contributed by atoms with Gasteiger partial charge < -0.3 is 14.7 Å². The normalized spacial score (nSPS) is 14.3. The van der Waals surface area contributed by atoms with Crippen LogP contribution in [0, 0.1) is 0 Å². The van der Waals surface area contributed by atoms with Gasteiger partial charge in [0, 0.05) is 0 Å². The van der Waals surface area contributed by atoms with Gasteiger partial charge in [-0.1, -0.05) is 23.2 Å². The van der Waals surface area contributed by atoms with Gasteiger partial charge in [-0.05, 0) is 0 Å². The highest BCUT2D eigenvalue weighted by molar-refractivity contribution is 7.72. The van der Waals surface area contributed by atoms with Crippen molar-refractivity contribution in [1.82, 2.24) is 0 Å². The zero-order valence-corrected chi connectivity index (χ0v) is 8.27. The van der Waals surface area contributed by atoms with Crippen LogP contribution in [0.3, 0.4) is 0 Å². The van der Waals surface area contributed by atoms with E-state index in [9.17, 15) is 9.13 Å². The molecule has 0 spiro atoms. The zero-order chi connectivity index (χ0) is 9.23. The van der Waals surface area contributed by atoms with Crippen molar-refractivity contribution < 1.29 is 23.8 Å². The summed E-state index contributed by atoms with van der Waals surface area (Å²) in [7, 11) is -8.32. The molecule has 0 bridgehead atoms. The van der Waals surface area contributed by atoms with E-state index in [0.29, 0.717) is 0 Å². The van der Waals surface area contributed by atoms with Crippen LogP contribution in [0.25, 0.3) is 0 Å². The van der Waals surface area contributed by atoms with E-state index in [1.165, 1.54) is 0 Å². The van der Waals surface area contributed by atoms with Crippen LogP contribution in [0.5, 0.6) is 0 Å². The van der Waals surface area contributed by atoms with Gasteiger partial charge in [0.05, 0.1) is 0 Å². The van der Waals surface area contributed by atoms with Crippen LogP contribution >= 0.6 is 38.8 Å². The van der Waals surface area contributed by atoms with Crippen LogP contribution in [0.2, 0.25) is 0 Å². The molecule has 0 aliphatic carbocycles. The molecule has 0 aliphatic heterocycles. The zero-order valence-electron chi connectivity index (χ0n) is 4.86. The lowest BCUT2D eigenvalue weighted by Crippen LogP contribution is -1.81. The molecule has 1 unspecified atom stereocenters. The van der Waals surface area contributed by atoms with Crippen molar-refractivity contribution in [2.45, 2.75) is 0 Å². The molecule has 0 fully saturated rings. The van der Waals surface area contributed by atoms with Gasteiger partial charge in [0.25, 0.3) is 0 Å².